The van der Waals surface area contributed by atoms with E-state index in [0.29, 0.717) is 5.92 Å². The second kappa shape index (κ2) is 2.03. The van der Waals surface area contributed by atoms with E-state index in [4.69, 9.17) is 4.84 Å². The van der Waals surface area contributed by atoms with Gasteiger partial charge in [0, 0.05) is 12.5 Å². The molecule has 2 heteroatoms. The van der Waals surface area contributed by atoms with Gasteiger partial charge in [-0.25, -0.2) is 0 Å². The molecule has 1 fully saturated rings. The van der Waals surface area contributed by atoms with Crippen LogP contribution in [0.5, 0.6) is 0 Å². The second-order valence-corrected chi connectivity index (χ2v) is 2.68. The van der Waals surface area contributed by atoms with E-state index < -0.39 is 0 Å². The average molecular weight is 125 g/mol. The molecule has 50 valence electrons. The largest absolute Gasteiger partial charge is 0.413 e. The van der Waals surface area contributed by atoms with Crippen molar-refractivity contribution in [1.82, 2.24) is 5.48 Å². The predicted octanol–water partition coefficient (Wildman–Crippen LogP) is 1.21. The molecule has 1 saturated heterocycles. The first-order chi connectivity index (χ1) is 4.47. The number of nitrogens with one attached hydrogen (secondary N) is 1. The van der Waals surface area contributed by atoms with Crippen LogP contribution in [0.25, 0.3) is 0 Å². The van der Waals surface area contributed by atoms with E-state index in [1.165, 1.54) is 25.0 Å². The Labute approximate surface area is 54.8 Å². The molecule has 2 nitrogen and oxygen atoms in total. The quantitative estimate of drug-likeness (QED) is 0.525. The minimum absolute atomic E-state index is 0.693. The zero-order valence-corrected chi connectivity index (χ0v) is 5.39. The molecule has 1 unspecified atom stereocenters. The third-order valence-corrected chi connectivity index (χ3v) is 2.02. The highest BCUT2D eigenvalue weighted by Crippen LogP contribution is 2.27. The lowest BCUT2D eigenvalue weighted by Gasteiger charge is -2.11. The maximum absolute atomic E-state index is 5.17. The van der Waals surface area contributed by atoms with Gasteiger partial charge in [-0.1, -0.05) is 0 Å². The molecule has 2 aliphatic rings. The standard InChI is InChI=1S/C7H11NO/c1-2-4-7-6(3-1)5-8-9-7/h4,6,8H,1-3,5H2. The van der Waals surface area contributed by atoms with Crippen molar-refractivity contribution in [3.05, 3.63) is 11.8 Å². The number of hydroxylamine groups is 1. The molecule has 1 atom stereocenters. The van der Waals surface area contributed by atoms with Gasteiger partial charge < -0.3 is 4.84 Å². The minimum atomic E-state index is 0.693. The summed E-state index contributed by atoms with van der Waals surface area (Å²) in [5.74, 6) is 1.87. The first kappa shape index (κ1) is 5.30. The third-order valence-electron chi connectivity index (χ3n) is 2.02. The van der Waals surface area contributed by atoms with Crippen molar-refractivity contribution in [1.29, 1.82) is 0 Å². The number of fused-ring (bicyclic) bond motifs is 1. The van der Waals surface area contributed by atoms with E-state index in [1.807, 2.05) is 0 Å². The molecule has 1 heterocycles. The van der Waals surface area contributed by atoms with Crippen LogP contribution >= 0.6 is 0 Å². The van der Waals surface area contributed by atoms with E-state index >= 15 is 0 Å². The summed E-state index contributed by atoms with van der Waals surface area (Å²) in [6.45, 7) is 1.02. The maximum Gasteiger partial charge on any atom is 0.124 e. The van der Waals surface area contributed by atoms with Crippen LogP contribution in [0.15, 0.2) is 11.8 Å². The van der Waals surface area contributed by atoms with Gasteiger partial charge in [0.1, 0.15) is 5.76 Å². The molecule has 0 aromatic rings. The molecule has 0 saturated carbocycles. The molecule has 1 aliphatic carbocycles. The van der Waals surface area contributed by atoms with E-state index in [1.54, 1.807) is 0 Å². The smallest absolute Gasteiger partial charge is 0.124 e. The van der Waals surface area contributed by atoms with E-state index in [-0.39, 0.29) is 0 Å². The monoisotopic (exact) mass is 125 g/mol. The van der Waals surface area contributed by atoms with Gasteiger partial charge in [0.25, 0.3) is 0 Å². The Balaban J connectivity index is 2.16. The molecule has 0 spiro atoms. The Morgan fingerprint density at radius 2 is 2.67 bits per heavy atom. The number of hydrogen-bond acceptors (Lipinski definition) is 2. The normalized spacial score (nSPS) is 32.9. The zero-order chi connectivity index (χ0) is 6.10. The van der Waals surface area contributed by atoms with E-state index in [0.717, 1.165) is 6.54 Å². The van der Waals surface area contributed by atoms with Gasteiger partial charge in [0.05, 0.1) is 0 Å². The second-order valence-electron chi connectivity index (χ2n) is 2.68. The van der Waals surface area contributed by atoms with Crippen LogP contribution in [0.2, 0.25) is 0 Å². The van der Waals surface area contributed by atoms with Gasteiger partial charge in [0.2, 0.25) is 0 Å². The molecule has 0 aromatic carbocycles. The Bertz CT molecular complexity index is 142. The predicted molar refractivity (Wildman–Crippen MR) is 34.5 cm³/mol. The molecule has 1 N–H and O–H groups in total. The van der Waals surface area contributed by atoms with E-state index in [9.17, 15) is 0 Å². The lowest BCUT2D eigenvalue weighted by atomic mass is 9.95. The molecule has 2 rings (SSSR count). The fourth-order valence-electron chi connectivity index (χ4n) is 1.47. The van der Waals surface area contributed by atoms with Gasteiger partial charge in [-0.05, 0) is 25.3 Å². The Morgan fingerprint density at radius 3 is 3.56 bits per heavy atom. The van der Waals surface area contributed by atoms with Crippen molar-refractivity contribution in [2.24, 2.45) is 5.92 Å². The number of allylic oxidation sites excluding steroid dienone is 1. The summed E-state index contributed by atoms with van der Waals surface area (Å²) >= 11 is 0. The Morgan fingerprint density at radius 1 is 1.67 bits per heavy atom. The molecule has 0 amide bonds. The zero-order valence-electron chi connectivity index (χ0n) is 5.39. The lowest BCUT2D eigenvalue weighted by Crippen LogP contribution is -2.08. The van der Waals surface area contributed by atoms with Crippen molar-refractivity contribution in [2.75, 3.05) is 6.54 Å². The average Bonchev–Trinajstić information content (AvgIpc) is 2.33. The molecule has 9 heavy (non-hydrogen) atoms. The summed E-state index contributed by atoms with van der Waals surface area (Å²) in [5, 5.41) is 0. The fourth-order valence-corrected chi connectivity index (χ4v) is 1.47. The van der Waals surface area contributed by atoms with Crippen molar-refractivity contribution in [2.45, 2.75) is 19.3 Å². The van der Waals surface area contributed by atoms with Crippen molar-refractivity contribution in [3.63, 3.8) is 0 Å². The summed E-state index contributed by atoms with van der Waals surface area (Å²) in [6.07, 6.45) is 6.04. The summed E-state index contributed by atoms with van der Waals surface area (Å²) in [6, 6.07) is 0. The summed E-state index contributed by atoms with van der Waals surface area (Å²) in [4.78, 5) is 5.17. The summed E-state index contributed by atoms with van der Waals surface area (Å²) in [7, 11) is 0. The first-order valence-electron chi connectivity index (χ1n) is 3.56. The number of hydrogen-bond donors (Lipinski definition) is 1. The van der Waals surface area contributed by atoms with Crippen LogP contribution < -0.4 is 5.48 Å². The van der Waals surface area contributed by atoms with Gasteiger partial charge in [-0.2, -0.15) is 5.48 Å². The number of rotatable bonds is 0. The van der Waals surface area contributed by atoms with Crippen LogP contribution in [0.3, 0.4) is 0 Å². The highest BCUT2D eigenvalue weighted by Gasteiger charge is 2.24. The van der Waals surface area contributed by atoms with Gasteiger partial charge in [-0.3, -0.25) is 0 Å². The topological polar surface area (TPSA) is 21.3 Å². The Hall–Kier alpha value is -0.500. The van der Waals surface area contributed by atoms with Crippen LogP contribution in [0.4, 0.5) is 0 Å². The lowest BCUT2D eigenvalue weighted by molar-refractivity contribution is 0.152. The van der Waals surface area contributed by atoms with Crippen LogP contribution in [-0.2, 0) is 4.84 Å². The van der Waals surface area contributed by atoms with E-state index in [2.05, 4.69) is 11.6 Å². The van der Waals surface area contributed by atoms with Gasteiger partial charge in [-0.15, -0.1) is 0 Å². The molecular weight excluding hydrogens is 114 g/mol. The van der Waals surface area contributed by atoms with Crippen LogP contribution in [0.1, 0.15) is 19.3 Å². The maximum atomic E-state index is 5.17. The SMILES string of the molecule is C1=C2ONCC2CCC1. The Kier molecular flexibility index (Phi) is 1.19. The molecule has 0 aromatic heterocycles. The molecule has 0 radical (unpaired) electrons. The van der Waals surface area contributed by atoms with Crippen molar-refractivity contribution < 1.29 is 4.84 Å². The van der Waals surface area contributed by atoms with Gasteiger partial charge >= 0.3 is 0 Å². The minimum Gasteiger partial charge on any atom is -0.413 e. The molecular formula is C7H11NO. The van der Waals surface area contributed by atoms with Crippen molar-refractivity contribution in [3.8, 4) is 0 Å². The molecule has 1 aliphatic heterocycles. The van der Waals surface area contributed by atoms with Crippen LogP contribution in [-0.4, -0.2) is 6.54 Å². The third kappa shape index (κ3) is 0.833. The fraction of sp³-hybridized carbons (Fsp3) is 0.714. The van der Waals surface area contributed by atoms with Gasteiger partial charge in [0.15, 0.2) is 0 Å². The first-order valence-corrected chi connectivity index (χ1v) is 3.56. The summed E-state index contributed by atoms with van der Waals surface area (Å²) < 4.78 is 0. The van der Waals surface area contributed by atoms with Crippen LogP contribution in [0, 0.1) is 5.92 Å². The molecule has 0 bridgehead atoms. The summed E-state index contributed by atoms with van der Waals surface area (Å²) in [5.41, 5.74) is 2.90. The highest BCUT2D eigenvalue weighted by molar-refractivity contribution is 5.05. The highest BCUT2D eigenvalue weighted by atomic mass is 16.7. The van der Waals surface area contributed by atoms with Crippen molar-refractivity contribution >= 4 is 0 Å².